The molecule has 8 nitrogen and oxygen atoms in total. The van der Waals surface area contributed by atoms with Crippen LogP contribution in [-0.4, -0.2) is 26.7 Å². The number of hydrogen-bond acceptors (Lipinski definition) is 7. The predicted octanol–water partition coefficient (Wildman–Crippen LogP) is 3.28. The normalized spacial score (nSPS) is 10.7. The Hall–Kier alpha value is -2.74. The maximum absolute atomic E-state index is 12.2. The third-order valence-electron chi connectivity index (χ3n) is 3.57. The molecule has 26 heavy (non-hydrogen) atoms. The fourth-order valence-electron chi connectivity index (χ4n) is 2.11. The number of carbonyl (C=O) groups is 1. The second-order valence-electron chi connectivity index (χ2n) is 5.22. The molecule has 2 rings (SSSR count). The van der Waals surface area contributed by atoms with Gasteiger partial charge in [0.25, 0.3) is 5.56 Å². The Balaban J connectivity index is 2.31. The molecule has 0 aliphatic carbocycles. The number of aromatic hydroxyl groups is 1. The number of ether oxygens (including phenoxy) is 1. The summed E-state index contributed by atoms with van der Waals surface area (Å²) in [6.07, 6.45) is 0. The number of halogens is 1. The average Bonchev–Trinajstić information content (AvgIpc) is 2.65. The van der Waals surface area contributed by atoms with Crippen LogP contribution in [-0.2, 0) is 11.8 Å². The maximum Gasteiger partial charge on any atom is 0.338 e. The molecule has 2 aromatic rings. The minimum atomic E-state index is -0.568. The molecule has 0 unspecified atom stereocenters. The van der Waals surface area contributed by atoms with Gasteiger partial charge in [-0.1, -0.05) is 22.6 Å². The summed E-state index contributed by atoms with van der Waals surface area (Å²) in [6.45, 7) is 1.85. The van der Waals surface area contributed by atoms with Crippen LogP contribution in [0.3, 0.4) is 0 Å². The molecular weight excluding hydrogens is 451 g/mol. The lowest BCUT2D eigenvalue weighted by Crippen LogP contribution is -2.18. The number of esters is 1. The zero-order valence-corrected chi connectivity index (χ0v) is 16.2. The third-order valence-corrected chi connectivity index (χ3v) is 4.01. The van der Waals surface area contributed by atoms with Crippen molar-refractivity contribution in [3.63, 3.8) is 0 Å². The summed E-state index contributed by atoms with van der Waals surface area (Å²) in [5.74, 6) is -0.838. The van der Waals surface area contributed by atoms with Crippen LogP contribution in [0, 0.1) is 18.3 Å². The van der Waals surface area contributed by atoms with Gasteiger partial charge < -0.3 is 9.84 Å². The van der Waals surface area contributed by atoms with Crippen molar-refractivity contribution >= 4 is 39.9 Å². The van der Waals surface area contributed by atoms with Gasteiger partial charge in [-0.3, -0.25) is 9.36 Å². The van der Waals surface area contributed by atoms with Crippen LogP contribution in [0.1, 0.15) is 21.5 Å². The molecule has 0 saturated carbocycles. The summed E-state index contributed by atoms with van der Waals surface area (Å²) < 4.78 is 6.68. The molecule has 0 saturated heterocycles. The van der Waals surface area contributed by atoms with Gasteiger partial charge in [-0.15, -0.1) is 5.11 Å². The molecule has 0 atom stereocenters. The molecule has 0 fully saturated rings. The van der Waals surface area contributed by atoms with Gasteiger partial charge in [0.2, 0.25) is 5.88 Å². The summed E-state index contributed by atoms with van der Waals surface area (Å²) >= 11 is 2.11. The molecule has 0 spiro atoms. The van der Waals surface area contributed by atoms with Crippen LogP contribution in [0.15, 0.2) is 39.3 Å². The molecule has 1 heterocycles. The Morgan fingerprint density at radius 1 is 1.35 bits per heavy atom. The molecule has 0 amide bonds. The van der Waals surface area contributed by atoms with Crippen LogP contribution in [0.4, 0.5) is 11.4 Å². The number of aromatic nitrogens is 1. The molecule has 0 radical (unpaired) electrons. The Bertz CT molecular complexity index is 959. The average molecular weight is 466 g/mol. The van der Waals surface area contributed by atoms with Crippen molar-refractivity contribution in [2.24, 2.45) is 17.3 Å². The standard InChI is InChI=1S/C17H15IN4O4/c1-10-13(9-19)15(23)22(2)16(24)14(10)21-20-12-5-3-11(4-6-12)17(25)26-8-7-18/h3-6,23H,7-8H2,1-2H3. The number of rotatable bonds is 5. The predicted molar refractivity (Wildman–Crippen MR) is 103 cm³/mol. The number of nitrogens with zero attached hydrogens (tertiary/aromatic N) is 4. The molecular formula is C17H15IN4O4. The fourth-order valence-corrected chi connectivity index (χ4v) is 2.33. The molecule has 1 aromatic heterocycles. The first kappa shape index (κ1) is 19.6. The van der Waals surface area contributed by atoms with Crippen LogP contribution in [0.5, 0.6) is 5.88 Å². The number of hydrogen-bond donors (Lipinski definition) is 1. The molecule has 1 aromatic carbocycles. The van der Waals surface area contributed by atoms with Crippen LogP contribution in [0.2, 0.25) is 0 Å². The summed E-state index contributed by atoms with van der Waals surface area (Å²) in [5, 5.41) is 26.9. The van der Waals surface area contributed by atoms with Gasteiger partial charge in [-0.25, -0.2) is 4.79 Å². The molecule has 0 bridgehead atoms. The van der Waals surface area contributed by atoms with Crippen molar-refractivity contribution in [3.05, 3.63) is 51.3 Å². The Morgan fingerprint density at radius 3 is 2.58 bits per heavy atom. The van der Waals surface area contributed by atoms with Crippen LogP contribution in [0.25, 0.3) is 0 Å². The van der Waals surface area contributed by atoms with Crippen molar-refractivity contribution < 1.29 is 14.6 Å². The first-order valence-corrected chi connectivity index (χ1v) is 9.00. The van der Waals surface area contributed by atoms with E-state index in [0.29, 0.717) is 22.3 Å². The van der Waals surface area contributed by atoms with Gasteiger partial charge in [0.15, 0.2) is 5.69 Å². The van der Waals surface area contributed by atoms with E-state index < -0.39 is 17.4 Å². The number of azo groups is 1. The Kier molecular flexibility index (Phi) is 6.46. The summed E-state index contributed by atoms with van der Waals surface area (Å²) in [7, 11) is 1.34. The van der Waals surface area contributed by atoms with Crippen molar-refractivity contribution in [1.29, 1.82) is 5.26 Å². The SMILES string of the molecule is Cc1c(C#N)c(O)n(C)c(=O)c1N=Nc1ccc(C(=O)OCCI)cc1. The largest absolute Gasteiger partial charge is 0.493 e. The van der Waals surface area contributed by atoms with Gasteiger partial charge in [0.1, 0.15) is 18.2 Å². The van der Waals surface area contributed by atoms with E-state index in [9.17, 15) is 14.7 Å². The second-order valence-corrected chi connectivity index (χ2v) is 6.30. The van der Waals surface area contributed by atoms with Gasteiger partial charge in [0, 0.05) is 17.0 Å². The Morgan fingerprint density at radius 2 is 2.00 bits per heavy atom. The number of nitriles is 1. The van der Waals surface area contributed by atoms with Crippen LogP contribution < -0.4 is 5.56 Å². The molecule has 1 N–H and O–H groups in total. The minimum absolute atomic E-state index is 0.0330. The number of alkyl halides is 1. The lowest BCUT2D eigenvalue weighted by atomic mass is 10.1. The lowest BCUT2D eigenvalue weighted by Gasteiger charge is -2.08. The smallest absolute Gasteiger partial charge is 0.338 e. The first-order valence-electron chi connectivity index (χ1n) is 7.48. The number of pyridine rings is 1. The summed E-state index contributed by atoms with van der Waals surface area (Å²) in [5.41, 5.74) is 0.417. The van der Waals surface area contributed by atoms with E-state index in [1.165, 1.54) is 14.0 Å². The van der Waals surface area contributed by atoms with Crippen molar-refractivity contribution in [1.82, 2.24) is 4.57 Å². The number of benzene rings is 1. The highest BCUT2D eigenvalue weighted by atomic mass is 127. The minimum Gasteiger partial charge on any atom is -0.493 e. The molecule has 0 aliphatic heterocycles. The van der Waals surface area contributed by atoms with Gasteiger partial charge >= 0.3 is 5.97 Å². The van der Waals surface area contributed by atoms with E-state index in [1.807, 2.05) is 6.07 Å². The first-order chi connectivity index (χ1) is 12.4. The van der Waals surface area contributed by atoms with E-state index in [4.69, 9.17) is 10.00 Å². The third kappa shape index (κ3) is 4.08. The quantitative estimate of drug-likeness (QED) is 0.314. The summed E-state index contributed by atoms with van der Waals surface area (Å²) in [6, 6.07) is 8.07. The van der Waals surface area contributed by atoms with Gasteiger partial charge in [-0.2, -0.15) is 10.4 Å². The molecule has 0 aliphatic rings. The lowest BCUT2D eigenvalue weighted by molar-refractivity contribution is 0.0533. The fraction of sp³-hybridized carbons (Fsp3) is 0.235. The number of carbonyl (C=O) groups excluding carboxylic acids is 1. The van der Waals surface area contributed by atoms with E-state index in [-0.39, 0.29) is 16.8 Å². The van der Waals surface area contributed by atoms with E-state index in [0.717, 1.165) is 4.57 Å². The van der Waals surface area contributed by atoms with Crippen molar-refractivity contribution in [2.75, 3.05) is 11.0 Å². The maximum atomic E-state index is 12.2. The molecule has 9 heteroatoms. The van der Waals surface area contributed by atoms with Crippen molar-refractivity contribution in [3.8, 4) is 11.9 Å². The van der Waals surface area contributed by atoms with Gasteiger partial charge in [0.05, 0.1) is 11.3 Å². The van der Waals surface area contributed by atoms with E-state index >= 15 is 0 Å². The van der Waals surface area contributed by atoms with Crippen LogP contribution >= 0.6 is 22.6 Å². The highest BCUT2D eigenvalue weighted by Gasteiger charge is 2.17. The Labute approximate surface area is 162 Å². The van der Waals surface area contributed by atoms with E-state index in [1.54, 1.807) is 24.3 Å². The van der Waals surface area contributed by atoms with E-state index in [2.05, 4.69) is 32.8 Å². The molecule has 134 valence electrons. The highest BCUT2D eigenvalue weighted by molar-refractivity contribution is 14.1. The van der Waals surface area contributed by atoms with Gasteiger partial charge in [-0.05, 0) is 31.2 Å². The zero-order chi connectivity index (χ0) is 19.3. The second kappa shape index (κ2) is 8.57. The van der Waals surface area contributed by atoms with Crippen molar-refractivity contribution in [2.45, 2.75) is 6.92 Å². The summed E-state index contributed by atoms with van der Waals surface area (Å²) in [4.78, 5) is 24.0. The topological polar surface area (TPSA) is 117 Å². The monoisotopic (exact) mass is 466 g/mol. The highest BCUT2D eigenvalue weighted by Crippen LogP contribution is 2.26. The zero-order valence-electron chi connectivity index (χ0n) is 14.1.